The molecule has 102 valence electrons. The number of furan rings is 1. The normalized spacial score (nSPS) is 10.9. The zero-order valence-corrected chi connectivity index (χ0v) is 10.9. The first-order valence-corrected chi connectivity index (χ1v) is 6.65. The average Bonchev–Trinajstić information content (AvgIpc) is 3.09. The van der Waals surface area contributed by atoms with Crippen LogP contribution in [0.5, 0.6) is 0 Å². The Labute approximate surface area is 116 Å². The largest absolute Gasteiger partial charge is 0.461 e. The molecule has 0 amide bonds. The van der Waals surface area contributed by atoms with E-state index in [0.717, 1.165) is 12.1 Å². The highest BCUT2D eigenvalue weighted by atomic mass is 32.2. The molecule has 0 spiro atoms. The third-order valence-corrected chi connectivity index (χ3v) is 3.44. The number of nitrogens with zero attached hydrogens (tertiary/aromatic N) is 2. The number of hydrogen-bond donors (Lipinski definition) is 0. The van der Waals surface area contributed by atoms with Gasteiger partial charge in [-0.3, -0.25) is 0 Å². The summed E-state index contributed by atoms with van der Waals surface area (Å²) in [4.78, 5) is 4.73. The third-order valence-electron chi connectivity index (χ3n) is 2.46. The van der Waals surface area contributed by atoms with Crippen LogP contribution in [0.2, 0.25) is 0 Å². The first-order valence-electron chi connectivity index (χ1n) is 5.67. The van der Waals surface area contributed by atoms with Crippen molar-refractivity contribution in [2.24, 2.45) is 0 Å². The van der Waals surface area contributed by atoms with Gasteiger partial charge in [-0.25, -0.2) is 8.78 Å². The summed E-state index contributed by atoms with van der Waals surface area (Å²) in [5.41, 5.74) is 0. The van der Waals surface area contributed by atoms with E-state index in [4.69, 9.17) is 8.94 Å². The molecule has 4 nitrogen and oxygen atoms in total. The molecule has 0 aliphatic heterocycles. The van der Waals surface area contributed by atoms with Gasteiger partial charge in [0.15, 0.2) is 17.4 Å². The van der Waals surface area contributed by atoms with Crippen molar-refractivity contribution in [2.75, 3.05) is 0 Å². The highest BCUT2D eigenvalue weighted by Gasteiger charge is 2.11. The van der Waals surface area contributed by atoms with Gasteiger partial charge in [-0.1, -0.05) is 5.16 Å². The molecular weight excluding hydrogens is 286 g/mol. The fourth-order valence-corrected chi connectivity index (χ4v) is 2.29. The number of thioether (sulfide) groups is 1. The van der Waals surface area contributed by atoms with E-state index in [1.165, 1.54) is 24.1 Å². The van der Waals surface area contributed by atoms with Crippen molar-refractivity contribution >= 4 is 11.8 Å². The van der Waals surface area contributed by atoms with Gasteiger partial charge in [0.2, 0.25) is 11.7 Å². The van der Waals surface area contributed by atoms with Gasteiger partial charge in [0.05, 0.1) is 12.0 Å². The number of benzene rings is 1. The van der Waals surface area contributed by atoms with E-state index in [9.17, 15) is 8.78 Å². The minimum Gasteiger partial charge on any atom is -0.461 e. The molecule has 0 aliphatic rings. The van der Waals surface area contributed by atoms with E-state index < -0.39 is 11.6 Å². The molecule has 7 heteroatoms. The van der Waals surface area contributed by atoms with Gasteiger partial charge in [-0.15, -0.1) is 11.8 Å². The monoisotopic (exact) mass is 294 g/mol. The van der Waals surface area contributed by atoms with Gasteiger partial charge in [0, 0.05) is 4.90 Å². The smallest absolute Gasteiger partial charge is 0.238 e. The van der Waals surface area contributed by atoms with Crippen LogP contribution in [0, 0.1) is 11.6 Å². The molecule has 0 fully saturated rings. The van der Waals surface area contributed by atoms with Crippen LogP contribution in [0.3, 0.4) is 0 Å². The van der Waals surface area contributed by atoms with E-state index in [-0.39, 0.29) is 0 Å². The minimum atomic E-state index is -0.878. The fourth-order valence-electron chi connectivity index (χ4n) is 1.53. The molecule has 20 heavy (non-hydrogen) atoms. The Morgan fingerprint density at radius 3 is 2.80 bits per heavy atom. The molecule has 3 rings (SSSR count). The first-order chi connectivity index (χ1) is 9.72. The molecule has 0 atom stereocenters. The summed E-state index contributed by atoms with van der Waals surface area (Å²) < 4.78 is 36.0. The van der Waals surface area contributed by atoms with Crippen LogP contribution >= 0.6 is 11.8 Å². The van der Waals surface area contributed by atoms with Gasteiger partial charge < -0.3 is 8.94 Å². The Kier molecular flexibility index (Phi) is 3.51. The standard InChI is InChI=1S/C13H8F2N2O2S/c14-9-4-3-8(6-10(9)15)20-7-12-16-13(17-19-12)11-2-1-5-18-11/h1-6H,7H2. The Morgan fingerprint density at radius 2 is 2.05 bits per heavy atom. The first kappa shape index (κ1) is 12.9. The Balaban J connectivity index is 1.68. The summed E-state index contributed by atoms with van der Waals surface area (Å²) in [5, 5.41) is 3.78. The van der Waals surface area contributed by atoms with Crippen molar-refractivity contribution in [3.05, 3.63) is 54.1 Å². The molecule has 0 saturated heterocycles. The number of halogens is 2. The van der Waals surface area contributed by atoms with Crippen LogP contribution in [-0.2, 0) is 5.75 Å². The molecule has 1 aromatic carbocycles. The van der Waals surface area contributed by atoms with E-state index in [0.29, 0.717) is 28.1 Å². The second kappa shape index (κ2) is 5.46. The van der Waals surface area contributed by atoms with Crippen molar-refractivity contribution in [1.82, 2.24) is 10.1 Å². The lowest BCUT2D eigenvalue weighted by molar-refractivity contribution is 0.390. The van der Waals surface area contributed by atoms with Crippen LogP contribution in [0.4, 0.5) is 8.78 Å². The van der Waals surface area contributed by atoms with Gasteiger partial charge in [0.1, 0.15) is 0 Å². The number of hydrogen-bond acceptors (Lipinski definition) is 5. The molecule has 2 heterocycles. The van der Waals surface area contributed by atoms with Crippen molar-refractivity contribution in [3.8, 4) is 11.6 Å². The summed E-state index contributed by atoms with van der Waals surface area (Å²) in [6.45, 7) is 0. The molecule has 0 radical (unpaired) electrons. The highest BCUT2D eigenvalue weighted by Crippen LogP contribution is 2.25. The maximum absolute atomic E-state index is 13.0. The molecule has 0 unspecified atom stereocenters. The van der Waals surface area contributed by atoms with Crippen LogP contribution in [0.15, 0.2) is 50.4 Å². The maximum atomic E-state index is 13.0. The summed E-state index contributed by atoms with van der Waals surface area (Å²) in [6, 6.07) is 7.15. The van der Waals surface area contributed by atoms with Crippen LogP contribution in [0.25, 0.3) is 11.6 Å². The Bertz CT molecular complexity index is 713. The molecule has 0 N–H and O–H groups in total. The van der Waals surface area contributed by atoms with Crippen LogP contribution in [0.1, 0.15) is 5.89 Å². The lowest BCUT2D eigenvalue weighted by atomic mass is 10.3. The van der Waals surface area contributed by atoms with Crippen molar-refractivity contribution in [1.29, 1.82) is 0 Å². The fraction of sp³-hybridized carbons (Fsp3) is 0.0769. The van der Waals surface area contributed by atoms with Gasteiger partial charge >= 0.3 is 0 Å². The zero-order valence-electron chi connectivity index (χ0n) is 10.0. The summed E-state index contributed by atoms with van der Waals surface area (Å²) >= 11 is 1.27. The lowest BCUT2D eigenvalue weighted by Crippen LogP contribution is -1.85. The number of rotatable bonds is 4. The zero-order chi connectivity index (χ0) is 13.9. The van der Waals surface area contributed by atoms with Crippen LogP contribution < -0.4 is 0 Å². The topological polar surface area (TPSA) is 52.1 Å². The average molecular weight is 294 g/mol. The highest BCUT2D eigenvalue weighted by molar-refractivity contribution is 7.98. The predicted octanol–water partition coefficient (Wildman–Crippen LogP) is 3.90. The summed E-state index contributed by atoms with van der Waals surface area (Å²) in [6.07, 6.45) is 1.52. The Morgan fingerprint density at radius 1 is 1.15 bits per heavy atom. The van der Waals surface area contributed by atoms with E-state index in [1.807, 2.05) is 0 Å². The van der Waals surface area contributed by atoms with Gasteiger partial charge in [-0.05, 0) is 30.3 Å². The molecule has 0 aliphatic carbocycles. The lowest BCUT2D eigenvalue weighted by Gasteiger charge is -1.99. The molecular formula is C13H8F2N2O2S. The molecule has 2 aromatic heterocycles. The predicted molar refractivity (Wildman–Crippen MR) is 67.9 cm³/mol. The second-order valence-corrected chi connectivity index (χ2v) is 4.90. The van der Waals surface area contributed by atoms with Crippen molar-refractivity contribution in [3.63, 3.8) is 0 Å². The summed E-state index contributed by atoms with van der Waals surface area (Å²) in [5.74, 6) is -0.136. The molecule has 3 aromatic rings. The SMILES string of the molecule is Fc1ccc(SCc2nc(-c3ccco3)no2)cc1F. The van der Waals surface area contributed by atoms with E-state index in [2.05, 4.69) is 10.1 Å². The third kappa shape index (κ3) is 2.72. The van der Waals surface area contributed by atoms with Gasteiger partial charge in [0.25, 0.3) is 0 Å². The molecule has 0 saturated carbocycles. The quantitative estimate of drug-likeness (QED) is 0.683. The molecule has 0 bridgehead atoms. The van der Waals surface area contributed by atoms with Crippen molar-refractivity contribution in [2.45, 2.75) is 10.6 Å². The maximum Gasteiger partial charge on any atom is 0.238 e. The van der Waals surface area contributed by atoms with Crippen molar-refractivity contribution < 1.29 is 17.7 Å². The van der Waals surface area contributed by atoms with Crippen LogP contribution in [-0.4, -0.2) is 10.1 Å². The van der Waals surface area contributed by atoms with E-state index >= 15 is 0 Å². The second-order valence-electron chi connectivity index (χ2n) is 3.85. The summed E-state index contributed by atoms with van der Waals surface area (Å²) in [7, 11) is 0. The number of aromatic nitrogens is 2. The van der Waals surface area contributed by atoms with Gasteiger partial charge in [-0.2, -0.15) is 4.98 Å². The van der Waals surface area contributed by atoms with E-state index in [1.54, 1.807) is 12.1 Å². The Hall–Kier alpha value is -2.15. The minimum absolute atomic E-state index is 0.357.